The molecule has 0 spiro atoms. The number of aromatic amines is 1. The van der Waals surface area contributed by atoms with Crippen LogP contribution in [0.3, 0.4) is 0 Å². The van der Waals surface area contributed by atoms with Gasteiger partial charge in [0.15, 0.2) is 0 Å². The molecule has 2 aromatic rings. The highest BCUT2D eigenvalue weighted by Gasteiger charge is 2.29. The summed E-state index contributed by atoms with van der Waals surface area (Å²) in [6, 6.07) is 6.75. The van der Waals surface area contributed by atoms with Gasteiger partial charge < -0.3 is 10.1 Å². The Kier molecular flexibility index (Phi) is 3.81. The molecule has 1 aliphatic carbocycles. The number of carboxylic acid groups (broad SMARTS) is 1. The lowest BCUT2D eigenvalue weighted by molar-refractivity contribution is -0.137. The molecule has 0 atom stereocenters. The molecule has 0 radical (unpaired) electrons. The second-order valence-electron chi connectivity index (χ2n) is 5.35. The summed E-state index contributed by atoms with van der Waals surface area (Å²) in [6.45, 7) is 1.44. The summed E-state index contributed by atoms with van der Waals surface area (Å²) in [6.07, 6.45) is 4.62. The van der Waals surface area contributed by atoms with E-state index in [1.807, 2.05) is 12.3 Å². The van der Waals surface area contributed by atoms with Crippen LogP contribution in [0.25, 0.3) is 10.9 Å². The van der Waals surface area contributed by atoms with Crippen molar-refractivity contribution in [2.24, 2.45) is 0 Å². The van der Waals surface area contributed by atoms with Gasteiger partial charge in [0.05, 0.1) is 6.42 Å². The third-order valence-electron chi connectivity index (χ3n) is 3.78. The molecule has 0 amide bonds. The SMILES string of the molecule is O=C(O)CCN(Cc1c[nH]c2ccc(Br)cc12)C1CC1. The average molecular weight is 337 g/mol. The summed E-state index contributed by atoms with van der Waals surface area (Å²) >= 11 is 3.50. The van der Waals surface area contributed by atoms with Crippen molar-refractivity contribution in [3.05, 3.63) is 34.4 Å². The highest BCUT2D eigenvalue weighted by Crippen LogP contribution is 2.30. The van der Waals surface area contributed by atoms with Gasteiger partial charge in [-0.1, -0.05) is 15.9 Å². The summed E-state index contributed by atoms with van der Waals surface area (Å²) in [5.74, 6) is -0.725. The number of H-pyrrole nitrogens is 1. The van der Waals surface area contributed by atoms with Gasteiger partial charge in [-0.3, -0.25) is 9.69 Å². The molecule has 1 heterocycles. The van der Waals surface area contributed by atoms with Gasteiger partial charge in [-0.25, -0.2) is 0 Å². The van der Waals surface area contributed by atoms with E-state index in [4.69, 9.17) is 5.11 Å². The van der Waals surface area contributed by atoms with Gasteiger partial charge in [0.2, 0.25) is 0 Å². The minimum absolute atomic E-state index is 0.211. The molecular weight excluding hydrogens is 320 g/mol. The predicted molar refractivity (Wildman–Crippen MR) is 81.7 cm³/mol. The molecule has 4 nitrogen and oxygen atoms in total. The molecule has 3 rings (SSSR count). The highest BCUT2D eigenvalue weighted by molar-refractivity contribution is 9.10. The number of nitrogens with one attached hydrogen (secondary N) is 1. The highest BCUT2D eigenvalue weighted by atomic mass is 79.9. The van der Waals surface area contributed by atoms with Crippen molar-refractivity contribution in [3.8, 4) is 0 Å². The molecule has 1 fully saturated rings. The molecule has 1 saturated carbocycles. The van der Waals surface area contributed by atoms with Crippen LogP contribution in [-0.4, -0.2) is 33.5 Å². The van der Waals surface area contributed by atoms with Crippen molar-refractivity contribution in [2.45, 2.75) is 31.8 Å². The maximum absolute atomic E-state index is 10.8. The Morgan fingerprint density at radius 1 is 1.45 bits per heavy atom. The molecule has 106 valence electrons. The quantitative estimate of drug-likeness (QED) is 0.850. The standard InChI is InChI=1S/C15H17BrN2O2/c16-11-1-4-14-13(7-11)10(8-17-14)9-18(12-2-3-12)6-5-15(19)20/h1,4,7-8,12,17H,2-3,5-6,9H2,(H,19,20). The van der Waals surface area contributed by atoms with E-state index >= 15 is 0 Å². The zero-order valence-corrected chi connectivity index (χ0v) is 12.7. The van der Waals surface area contributed by atoms with E-state index in [2.05, 4.69) is 37.9 Å². The number of fused-ring (bicyclic) bond motifs is 1. The Morgan fingerprint density at radius 2 is 2.25 bits per heavy atom. The smallest absolute Gasteiger partial charge is 0.304 e. The maximum Gasteiger partial charge on any atom is 0.304 e. The molecule has 0 aliphatic heterocycles. The van der Waals surface area contributed by atoms with Crippen molar-refractivity contribution in [2.75, 3.05) is 6.54 Å². The van der Waals surface area contributed by atoms with Gasteiger partial charge in [0, 0.05) is 40.7 Å². The Hall–Kier alpha value is -1.33. The van der Waals surface area contributed by atoms with Gasteiger partial charge in [-0.15, -0.1) is 0 Å². The first-order valence-corrected chi connectivity index (χ1v) is 7.64. The predicted octanol–water partition coefficient (Wildman–Crippen LogP) is 3.37. The van der Waals surface area contributed by atoms with Crippen LogP contribution in [0.5, 0.6) is 0 Å². The molecule has 1 aliphatic rings. The molecule has 1 aromatic heterocycles. The summed E-state index contributed by atoms with van der Waals surface area (Å²) in [5.41, 5.74) is 2.36. The number of carboxylic acids is 1. The van der Waals surface area contributed by atoms with Crippen molar-refractivity contribution in [1.82, 2.24) is 9.88 Å². The van der Waals surface area contributed by atoms with Gasteiger partial charge in [-0.2, -0.15) is 0 Å². The fourth-order valence-corrected chi connectivity index (χ4v) is 2.93. The van der Waals surface area contributed by atoms with Crippen LogP contribution in [-0.2, 0) is 11.3 Å². The van der Waals surface area contributed by atoms with Crippen molar-refractivity contribution in [1.29, 1.82) is 0 Å². The first-order chi connectivity index (χ1) is 9.63. The topological polar surface area (TPSA) is 56.3 Å². The molecule has 0 unspecified atom stereocenters. The molecule has 2 N–H and O–H groups in total. The van der Waals surface area contributed by atoms with Crippen LogP contribution in [0, 0.1) is 0 Å². The molecule has 5 heteroatoms. The van der Waals surface area contributed by atoms with E-state index in [-0.39, 0.29) is 6.42 Å². The van der Waals surface area contributed by atoms with Gasteiger partial charge in [0.25, 0.3) is 0 Å². The molecule has 0 saturated heterocycles. The minimum Gasteiger partial charge on any atom is -0.481 e. The zero-order valence-electron chi connectivity index (χ0n) is 11.1. The Morgan fingerprint density at radius 3 is 2.95 bits per heavy atom. The normalized spacial score (nSPS) is 15.1. The Labute approximate surface area is 125 Å². The number of hydrogen-bond donors (Lipinski definition) is 2. The van der Waals surface area contributed by atoms with Crippen LogP contribution < -0.4 is 0 Å². The van der Waals surface area contributed by atoms with Crippen LogP contribution in [0.1, 0.15) is 24.8 Å². The third kappa shape index (κ3) is 3.04. The minimum atomic E-state index is -0.725. The van der Waals surface area contributed by atoms with Crippen LogP contribution >= 0.6 is 15.9 Å². The van der Waals surface area contributed by atoms with Crippen molar-refractivity contribution in [3.63, 3.8) is 0 Å². The number of hydrogen-bond acceptors (Lipinski definition) is 2. The molecular formula is C15H17BrN2O2. The maximum atomic E-state index is 10.8. The van der Waals surface area contributed by atoms with E-state index in [9.17, 15) is 4.79 Å². The number of nitrogens with zero attached hydrogens (tertiary/aromatic N) is 1. The molecule has 0 bridgehead atoms. The summed E-state index contributed by atoms with van der Waals surface area (Å²) in [5, 5.41) is 10.1. The summed E-state index contributed by atoms with van der Waals surface area (Å²) < 4.78 is 1.06. The van der Waals surface area contributed by atoms with Gasteiger partial charge in [0.1, 0.15) is 0 Å². The van der Waals surface area contributed by atoms with Gasteiger partial charge >= 0.3 is 5.97 Å². The number of benzene rings is 1. The van der Waals surface area contributed by atoms with Crippen LogP contribution in [0.15, 0.2) is 28.9 Å². The number of rotatable bonds is 6. The lowest BCUT2D eigenvalue weighted by Gasteiger charge is -2.20. The third-order valence-corrected chi connectivity index (χ3v) is 4.27. The van der Waals surface area contributed by atoms with E-state index in [0.717, 1.165) is 16.5 Å². The first kappa shape index (κ1) is 13.6. The van der Waals surface area contributed by atoms with E-state index in [1.165, 1.54) is 23.8 Å². The number of halogens is 1. The van der Waals surface area contributed by atoms with E-state index < -0.39 is 5.97 Å². The lowest BCUT2D eigenvalue weighted by Crippen LogP contribution is -2.28. The molecule has 20 heavy (non-hydrogen) atoms. The molecule has 1 aromatic carbocycles. The van der Waals surface area contributed by atoms with Crippen LogP contribution in [0.2, 0.25) is 0 Å². The summed E-state index contributed by atoms with van der Waals surface area (Å²) in [7, 11) is 0. The average Bonchev–Trinajstić information content (AvgIpc) is 3.17. The first-order valence-electron chi connectivity index (χ1n) is 6.85. The largest absolute Gasteiger partial charge is 0.481 e. The fraction of sp³-hybridized carbons (Fsp3) is 0.400. The summed E-state index contributed by atoms with van der Waals surface area (Å²) in [4.78, 5) is 16.3. The number of carbonyl (C=O) groups is 1. The fourth-order valence-electron chi connectivity index (χ4n) is 2.57. The second-order valence-corrected chi connectivity index (χ2v) is 6.26. The Balaban J connectivity index is 1.79. The van der Waals surface area contributed by atoms with E-state index in [1.54, 1.807) is 0 Å². The lowest BCUT2D eigenvalue weighted by atomic mass is 10.1. The Bertz CT molecular complexity index is 634. The van der Waals surface area contributed by atoms with Crippen molar-refractivity contribution < 1.29 is 9.90 Å². The van der Waals surface area contributed by atoms with Crippen LogP contribution in [0.4, 0.5) is 0 Å². The zero-order chi connectivity index (χ0) is 14.1. The van der Waals surface area contributed by atoms with E-state index in [0.29, 0.717) is 12.6 Å². The van der Waals surface area contributed by atoms with Crippen molar-refractivity contribution >= 4 is 32.8 Å². The second kappa shape index (κ2) is 5.58. The number of aromatic nitrogens is 1. The van der Waals surface area contributed by atoms with Gasteiger partial charge in [-0.05, 0) is 36.6 Å². The number of aliphatic carboxylic acids is 1. The monoisotopic (exact) mass is 336 g/mol.